The monoisotopic (exact) mass is 242 g/mol. The number of unbranched alkanes of at least 4 members (excludes halogenated alkanes) is 1. The van der Waals surface area contributed by atoms with Crippen LogP contribution in [-0.4, -0.2) is 0 Å². The predicted molar refractivity (Wildman–Crippen MR) is 65.8 cm³/mol. The molecule has 1 aromatic carbocycles. The Morgan fingerprint density at radius 3 is 2.38 bits per heavy atom. The van der Waals surface area contributed by atoms with Gasteiger partial charge in [-0.25, -0.2) is 4.39 Å². The van der Waals surface area contributed by atoms with Crippen LogP contribution in [0, 0.1) is 6.92 Å². The Hall–Kier alpha value is -0.830. The second-order valence-corrected chi connectivity index (χ2v) is 4.73. The zero-order valence-corrected chi connectivity index (χ0v) is 10.4. The second-order valence-electron chi connectivity index (χ2n) is 3.70. The molecule has 0 aliphatic rings. The summed E-state index contributed by atoms with van der Waals surface area (Å²) in [6.07, 6.45) is 1.75. The van der Waals surface area contributed by atoms with Crippen molar-refractivity contribution in [3.8, 4) is 0 Å². The first kappa shape index (κ1) is 13.2. The van der Waals surface area contributed by atoms with Crippen LogP contribution in [0.3, 0.4) is 0 Å². The van der Waals surface area contributed by atoms with E-state index in [4.69, 9.17) is 0 Å². The number of hydrogen-bond acceptors (Lipinski definition) is 1. The minimum absolute atomic E-state index is 0.196. The molecule has 88 valence electrons. The topological polar surface area (TPSA) is 0 Å². The van der Waals surface area contributed by atoms with E-state index in [0.29, 0.717) is 6.42 Å². The van der Waals surface area contributed by atoms with Gasteiger partial charge in [0, 0.05) is 11.3 Å². The summed E-state index contributed by atoms with van der Waals surface area (Å²) in [5, 5.41) is -0.711. The first-order chi connectivity index (χ1) is 7.63. The van der Waals surface area contributed by atoms with Crippen LogP contribution in [0.25, 0.3) is 0 Å². The molecule has 0 unspecified atom stereocenters. The van der Waals surface area contributed by atoms with Crippen molar-refractivity contribution in [2.24, 2.45) is 0 Å². The van der Waals surface area contributed by atoms with Gasteiger partial charge in [-0.2, -0.15) is 4.39 Å². The molecule has 0 spiro atoms. The molecule has 0 bridgehead atoms. The molecule has 0 fully saturated rings. The summed E-state index contributed by atoms with van der Waals surface area (Å²) in [5.74, 6) is -0.632. The Morgan fingerprint density at radius 2 is 1.81 bits per heavy atom. The van der Waals surface area contributed by atoms with Crippen molar-refractivity contribution in [2.75, 3.05) is 0 Å². The van der Waals surface area contributed by atoms with E-state index in [0.717, 1.165) is 28.6 Å². The number of halogens is 2. The molecule has 16 heavy (non-hydrogen) atoms. The van der Waals surface area contributed by atoms with E-state index in [1.165, 1.54) is 0 Å². The smallest absolute Gasteiger partial charge is 0.192 e. The number of allylic oxidation sites excluding steroid dienone is 1. The summed E-state index contributed by atoms with van der Waals surface area (Å²) >= 11 is 0.849. The van der Waals surface area contributed by atoms with Gasteiger partial charge in [-0.15, -0.1) is 0 Å². The summed E-state index contributed by atoms with van der Waals surface area (Å²) in [5.41, 5.74) is 1.11. The quantitative estimate of drug-likeness (QED) is 0.624. The lowest BCUT2D eigenvalue weighted by Crippen LogP contribution is -1.80. The average molecular weight is 242 g/mol. The molecule has 0 radical (unpaired) electrons. The van der Waals surface area contributed by atoms with Crippen LogP contribution in [0.5, 0.6) is 0 Å². The van der Waals surface area contributed by atoms with E-state index in [1.807, 2.05) is 26.0 Å². The van der Waals surface area contributed by atoms with Gasteiger partial charge in [-0.3, -0.25) is 0 Å². The Kier molecular flexibility index (Phi) is 5.53. The zero-order chi connectivity index (χ0) is 12.0. The molecule has 0 saturated carbocycles. The standard InChI is InChI=1S/C13H16F2S/c1-3-4-5-12(14)13(15)16-11-8-6-10(2)7-9-11/h6-9H,3-5H2,1-2H3/b13-12-. The third kappa shape index (κ3) is 4.35. The van der Waals surface area contributed by atoms with E-state index in [2.05, 4.69) is 0 Å². The normalized spacial score (nSPS) is 12.5. The summed E-state index contributed by atoms with van der Waals surface area (Å²) in [4.78, 5) is 0.731. The van der Waals surface area contributed by atoms with Crippen LogP contribution in [0.15, 0.2) is 40.1 Å². The minimum atomic E-state index is -0.711. The molecule has 0 aliphatic heterocycles. The molecule has 1 rings (SSSR count). The minimum Gasteiger partial charge on any atom is -0.208 e. The third-order valence-electron chi connectivity index (χ3n) is 2.19. The van der Waals surface area contributed by atoms with Crippen LogP contribution in [0.1, 0.15) is 31.7 Å². The maximum Gasteiger partial charge on any atom is 0.192 e. The highest BCUT2D eigenvalue weighted by molar-refractivity contribution is 8.02. The Balaban J connectivity index is 2.62. The molecule has 0 atom stereocenters. The van der Waals surface area contributed by atoms with Crippen molar-refractivity contribution < 1.29 is 8.78 Å². The summed E-state index contributed by atoms with van der Waals surface area (Å²) < 4.78 is 26.6. The average Bonchev–Trinajstić information content (AvgIpc) is 2.29. The van der Waals surface area contributed by atoms with Gasteiger partial charge in [0.1, 0.15) is 5.83 Å². The van der Waals surface area contributed by atoms with Crippen LogP contribution in [0.4, 0.5) is 8.78 Å². The van der Waals surface area contributed by atoms with Gasteiger partial charge in [0.25, 0.3) is 0 Å². The molecule has 0 aliphatic carbocycles. The molecule has 0 nitrogen and oxygen atoms in total. The van der Waals surface area contributed by atoms with E-state index in [1.54, 1.807) is 12.1 Å². The highest BCUT2D eigenvalue weighted by atomic mass is 32.2. The second kappa shape index (κ2) is 6.69. The predicted octanol–water partition coefficient (Wildman–Crippen LogP) is 5.39. The molecular formula is C13H16F2S. The third-order valence-corrected chi connectivity index (χ3v) is 3.10. The maximum atomic E-state index is 13.4. The van der Waals surface area contributed by atoms with Crippen LogP contribution >= 0.6 is 11.8 Å². The van der Waals surface area contributed by atoms with Crippen molar-refractivity contribution in [3.05, 3.63) is 40.8 Å². The zero-order valence-electron chi connectivity index (χ0n) is 9.59. The fraction of sp³-hybridized carbons (Fsp3) is 0.385. The Morgan fingerprint density at radius 1 is 1.19 bits per heavy atom. The molecule has 0 N–H and O–H groups in total. The van der Waals surface area contributed by atoms with Crippen LogP contribution < -0.4 is 0 Å². The molecular weight excluding hydrogens is 226 g/mol. The SMILES string of the molecule is CCCC/C(F)=C(\F)Sc1ccc(C)cc1. The number of aryl methyl sites for hydroxylation is 1. The molecule has 0 aromatic heterocycles. The lowest BCUT2D eigenvalue weighted by molar-refractivity contribution is 0.525. The molecule has 0 heterocycles. The fourth-order valence-corrected chi connectivity index (χ4v) is 1.89. The first-order valence-corrected chi connectivity index (χ1v) is 6.23. The lowest BCUT2D eigenvalue weighted by atomic mass is 10.2. The summed E-state index contributed by atoms with van der Waals surface area (Å²) in [7, 11) is 0. The van der Waals surface area contributed by atoms with Crippen molar-refractivity contribution in [3.63, 3.8) is 0 Å². The molecule has 0 saturated heterocycles. The van der Waals surface area contributed by atoms with E-state index < -0.39 is 11.0 Å². The maximum absolute atomic E-state index is 13.4. The number of thioether (sulfide) groups is 1. The molecule has 0 amide bonds. The first-order valence-electron chi connectivity index (χ1n) is 5.42. The fourth-order valence-electron chi connectivity index (χ4n) is 1.20. The molecule has 1 aromatic rings. The van der Waals surface area contributed by atoms with Crippen molar-refractivity contribution in [1.82, 2.24) is 0 Å². The largest absolute Gasteiger partial charge is 0.208 e. The number of benzene rings is 1. The van der Waals surface area contributed by atoms with Gasteiger partial charge in [0.15, 0.2) is 5.16 Å². The Bertz CT molecular complexity index is 355. The summed E-state index contributed by atoms with van der Waals surface area (Å²) in [6, 6.07) is 7.37. The highest BCUT2D eigenvalue weighted by Gasteiger charge is 2.07. The van der Waals surface area contributed by atoms with Gasteiger partial charge in [0.2, 0.25) is 0 Å². The number of rotatable bonds is 5. The van der Waals surface area contributed by atoms with E-state index in [9.17, 15) is 8.78 Å². The van der Waals surface area contributed by atoms with E-state index in [-0.39, 0.29) is 6.42 Å². The molecule has 3 heteroatoms. The van der Waals surface area contributed by atoms with E-state index >= 15 is 0 Å². The van der Waals surface area contributed by atoms with Gasteiger partial charge in [0.05, 0.1) is 0 Å². The Labute approximate surface area is 99.8 Å². The number of hydrogen-bond donors (Lipinski definition) is 0. The van der Waals surface area contributed by atoms with Crippen molar-refractivity contribution in [2.45, 2.75) is 38.0 Å². The van der Waals surface area contributed by atoms with Crippen LogP contribution in [-0.2, 0) is 0 Å². The van der Waals surface area contributed by atoms with Crippen LogP contribution in [0.2, 0.25) is 0 Å². The van der Waals surface area contributed by atoms with Gasteiger partial charge >= 0.3 is 0 Å². The van der Waals surface area contributed by atoms with Gasteiger partial charge in [-0.1, -0.05) is 42.8 Å². The highest BCUT2D eigenvalue weighted by Crippen LogP contribution is 2.32. The lowest BCUT2D eigenvalue weighted by Gasteiger charge is -2.01. The summed E-state index contributed by atoms with van der Waals surface area (Å²) in [6.45, 7) is 3.92. The van der Waals surface area contributed by atoms with Gasteiger partial charge in [-0.05, 0) is 25.5 Å². The van der Waals surface area contributed by atoms with Crippen molar-refractivity contribution in [1.29, 1.82) is 0 Å². The van der Waals surface area contributed by atoms with Crippen molar-refractivity contribution >= 4 is 11.8 Å². The van der Waals surface area contributed by atoms with Gasteiger partial charge < -0.3 is 0 Å².